The van der Waals surface area contributed by atoms with Crippen molar-refractivity contribution in [2.24, 2.45) is 5.10 Å². The van der Waals surface area contributed by atoms with Crippen molar-refractivity contribution in [2.45, 2.75) is 26.2 Å². The van der Waals surface area contributed by atoms with Crippen molar-refractivity contribution in [2.75, 3.05) is 19.0 Å². The van der Waals surface area contributed by atoms with Crippen LogP contribution in [0, 0.1) is 0 Å². The Hall–Kier alpha value is -2.77. The van der Waals surface area contributed by atoms with Crippen LogP contribution in [0.25, 0.3) is 0 Å². The Labute approximate surface area is 185 Å². The van der Waals surface area contributed by atoms with Gasteiger partial charge >= 0.3 is 0 Å². The van der Waals surface area contributed by atoms with Crippen LogP contribution in [-0.4, -0.2) is 31.7 Å². The molecule has 0 aliphatic heterocycles. The van der Waals surface area contributed by atoms with Crippen LogP contribution in [0.3, 0.4) is 0 Å². The highest BCUT2D eigenvalue weighted by molar-refractivity contribution is 6.44. The Balaban J connectivity index is 1.87. The maximum absolute atomic E-state index is 12.0. The molecule has 7 nitrogen and oxygen atoms in total. The van der Waals surface area contributed by atoms with Crippen LogP contribution in [-0.2, 0) is 9.59 Å². The van der Waals surface area contributed by atoms with Crippen molar-refractivity contribution < 1.29 is 19.1 Å². The summed E-state index contributed by atoms with van der Waals surface area (Å²) >= 11 is 11.9. The topological polar surface area (TPSA) is 89.0 Å². The normalized spacial score (nSPS) is 10.7. The number of nitrogens with one attached hydrogen (secondary N) is 2. The van der Waals surface area contributed by atoms with Gasteiger partial charge in [-0.15, -0.1) is 0 Å². The van der Waals surface area contributed by atoms with E-state index in [1.807, 2.05) is 0 Å². The third kappa shape index (κ3) is 7.24. The molecule has 0 aliphatic rings. The molecule has 0 spiro atoms. The first kappa shape index (κ1) is 23.5. The highest BCUT2D eigenvalue weighted by Crippen LogP contribution is 2.29. The van der Waals surface area contributed by atoms with Crippen molar-refractivity contribution in [1.29, 1.82) is 0 Å². The fourth-order valence-electron chi connectivity index (χ4n) is 2.37. The summed E-state index contributed by atoms with van der Waals surface area (Å²) in [4.78, 5) is 23.9. The van der Waals surface area contributed by atoms with Crippen molar-refractivity contribution in [1.82, 2.24) is 5.43 Å². The summed E-state index contributed by atoms with van der Waals surface area (Å²) in [5.41, 5.74) is 3.34. The number of anilines is 1. The monoisotopic (exact) mass is 451 g/mol. The number of ether oxygens (including phenoxy) is 2. The van der Waals surface area contributed by atoms with Crippen LogP contribution < -0.4 is 20.2 Å². The standard InChI is InChI=1S/C21H23Cl2N3O4/c1-3-4-10-30-17-9-8-14(11-18(17)29-2)13-24-26-20(28)12-19(27)25-16-7-5-6-15(22)21(16)23/h5-9,11,13H,3-4,10,12H2,1-2H3,(H,25,27)(H,26,28). The minimum absolute atomic E-state index is 0.210. The number of benzene rings is 2. The number of carbonyl (C=O) groups is 2. The molecule has 0 saturated carbocycles. The molecule has 0 saturated heterocycles. The van der Waals surface area contributed by atoms with Gasteiger partial charge in [0.2, 0.25) is 11.8 Å². The Kier molecular flexibility index (Phi) is 9.44. The maximum atomic E-state index is 12.0. The Morgan fingerprint density at radius 1 is 1.13 bits per heavy atom. The molecule has 0 aromatic heterocycles. The third-order valence-corrected chi connectivity index (χ3v) is 4.71. The second-order valence-corrected chi connectivity index (χ2v) is 7.02. The quantitative estimate of drug-likeness (QED) is 0.238. The molecule has 2 aromatic carbocycles. The molecule has 0 heterocycles. The molecule has 2 amide bonds. The number of hydrazone groups is 1. The van der Waals surface area contributed by atoms with E-state index in [2.05, 4.69) is 22.8 Å². The van der Waals surface area contributed by atoms with E-state index in [0.29, 0.717) is 34.4 Å². The molecule has 0 atom stereocenters. The lowest BCUT2D eigenvalue weighted by molar-refractivity contribution is -0.126. The average Bonchev–Trinajstić information content (AvgIpc) is 2.72. The zero-order valence-electron chi connectivity index (χ0n) is 16.7. The summed E-state index contributed by atoms with van der Waals surface area (Å²) in [6.07, 6.45) is 3.02. The first-order chi connectivity index (χ1) is 14.4. The number of hydrogen-bond acceptors (Lipinski definition) is 5. The minimum atomic E-state index is -0.576. The smallest absolute Gasteiger partial charge is 0.249 e. The number of carbonyl (C=O) groups excluding carboxylic acids is 2. The van der Waals surface area contributed by atoms with Gasteiger partial charge in [-0.25, -0.2) is 5.43 Å². The van der Waals surface area contributed by atoms with E-state index in [0.717, 1.165) is 12.8 Å². The lowest BCUT2D eigenvalue weighted by Crippen LogP contribution is -2.24. The molecule has 0 aliphatic carbocycles. The van der Waals surface area contributed by atoms with Gasteiger partial charge in [0.05, 0.1) is 35.7 Å². The van der Waals surface area contributed by atoms with Crippen LogP contribution in [0.4, 0.5) is 5.69 Å². The molecule has 2 rings (SSSR count). The highest BCUT2D eigenvalue weighted by atomic mass is 35.5. The number of methoxy groups -OCH3 is 1. The van der Waals surface area contributed by atoms with E-state index in [-0.39, 0.29) is 5.02 Å². The third-order valence-electron chi connectivity index (χ3n) is 3.89. The van der Waals surface area contributed by atoms with Crippen LogP contribution in [0.1, 0.15) is 31.7 Å². The molecule has 2 N–H and O–H groups in total. The predicted octanol–water partition coefficient (Wildman–Crippen LogP) is 4.66. The van der Waals surface area contributed by atoms with E-state index in [1.54, 1.807) is 43.5 Å². The van der Waals surface area contributed by atoms with Crippen LogP contribution >= 0.6 is 23.2 Å². The van der Waals surface area contributed by atoms with Crippen LogP contribution in [0.15, 0.2) is 41.5 Å². The Bertz CT molecular complexity index is 919. The fourth-order valence-corrected chi connectivity index (χ4v) is 2.72. The summed E-state index contributed by atoms with van der Waals surface area (Å²) in [7, 11) is 1.55. The first-order valence-corrected chi connectivity index (χ1v) is 10.1. The predicted molar refractivity (Wildman–Crippen MR) is 119 cm³/mol. The number of nitrogens with zero attached hydrogens (tertiary/aromatic N) is 1. The fraction of sp³-hybridized carbons (Fsp3) is 0.286. The Morgan fingerprint density at radius 3 is 2.67 bits per heavy atom. The van der Waals surface area contributed by atoms with Crippen molar-refractivity contribution in [3.05, 3.63) is 52.0 Å². The van der Waals surface area contributed by atoms with Gasteiger partial charge < -0.3 is 14.8 Å². The number of amides is 2. The number of halogens is 2. The van der Waals surface area contributed by atoms with Gasteiger partial charge in [0.1, 0.15) is 6.42 Å². The van der Waals surface area contributed by atoms with Gasteiger partial charge in [-0.1, -0.05) is 42.6 Å². The lowest BCUT2D eigenvalue weighted by atomic mass is 10.2. The zero-order valence-corrected chi connectivity index (χ0v) is 18.2. The molecular weight excluding hydrogens is 429 g/mol. The summed E-state index contributed by atoms with van der Waals surface area (Å²) in [6, 6.07) is 10.1. The molecule has 2 aromatic rings. The maximum Gasteiger partial charge on any atom is 0.249 e. The zero-order chi connectivity index (χ0) is 21.9. The van der Waals surface area contributed by atoms with Crippen LogP contribution in [0.2, 0.25) is 10.0 Å². The summed E-state index contributed by atoms with van der Waals surface area (Å²) < 4.78 is 11.0. The van der Waals surface area contributed by atoms with E-state index < -0.39 is 18.2 Å². The molecule has 0 unspecified atom stereocenters. The van der Waals surface area contributed by atoms with Gasteiger partial charge in [-0.3, -0.25) is 9.59 Å². The minimum Gasteiger partial charge on any atom is -0.493 e. The highest BCUT2D eigenvalue weighted by Gasteiger charge is 2.12. The summed E-state index contributed by atoms with van der Waals surface area (Å²) in [5, 5.41) is 6.92. The van der Waals surface area contributed by atoms with E-state index in [4.69, 9.17) is 32.7 Å². The molecule has 160 valence electrons. The second-order valence-electron chi connectivity index (χ2n) is 6.23. The number of unbranched alkanes of at least 4 members (excludes halogenated alkanes) is 1. The van der Waals surface area contributed by atoms with Crippen molar-refractivity contribution in [3.63, 3.8) is 0 Å². The molecule has 9 heteroatoms. The number of hydrogen-bond donors (Lipinski definition) is 2. The molecule has 0 bridgehead atoms. The SMILES string of the molecule is CCCCOc1ccc(C=NNC(=O)CC(=O)Nc2cccc(Cl)c2Cl)cc1OC. The van der Waals surface area contributed by atoms with E-state index in [9.17, 15) is 9.59 Å². The van der Waals surface area contributed by atoms with E-state index in [1.165, 1.54) is 6.21 Å². The average molecular weight is 452 g/mol. The van der Waals surface area contributed by atoms with Gasteiger partial charge in [0, 0.05) is 0 Å². The number of rotatable bonds is 10. The summed E-state index contributed by atoms with van der Waals surface area (Å²) in [5.74, 6) is 0.0955. The van der Waals surface area contributed by atoms with Gasteiger partial charge in [0.15, 0.2) is 11.5 Å². The Morgan fingerprint density at radius 2 is 1.93 bits per heavy atom. The van der Waals surface area contributed by atoms with Crippen LogP contribution in [0.5, 0.6) is 11.5 Å². The molecule has 0 radical (unpaired) electrons. The van der Waals surface area contributed by atoms with Gasteiger partial charge in [-0.05, 0) is 42.3 Å². The first-order valence-electron chi connectivity index (χ1n) is 9.31. The summed E-state index contributed by atoms with van der Waals surface area (Å²) in [6.45, 7) is 2.70. The van der Waals surface area contributed by atoms with Crippen molar-refractivity contribution >= 4 is 46.9 Å². The van der Waals surface area contributed by atoms with Gasteiger partial charge in [-0.2, -0.15) is 5.10 Å². The lowest BCUT2D eigenvalue weighted by Gasteiger charge is -2.10. The molecular formula is C21H23Cl2N3O4. The van der Waals surface area contributed by atoms with E-state index >= 15 is 0 Å². The second kappa shape index (κ2) is 12.0. The molecule has 30 heavy (non-hydrogen) atoms. The van der Waals surface area contributed by atoms with Gasteiger partial charge in [0.25, 0.3) is 0 Å². The molecule has 0 fully saturated rings. The van der Waals surface area contributed by atoms with Crippen molar-refractivity contribution in [3.8, 4) is 11.5 Å². The largest absolute Gasteiger partial charge is 0.493 e.